The van der Waals surface area contributed by atoms with Crippen LogP contribution in [-0.4, -0.2) is 32.1 Å². The Balaban J connectivity index is 1.70. The summed E-state index contributed by atoms with van der Waals surface area (Å²) in [6.45, 7) is -2.71. The molecule has 0 unspecified atom stereocenters. The van der Waals surface area contributed by atoms with Gasteiger partial charge in [0.25, 0.3) is 0 Å². The molecular formula is C19H20F2N2O4. The number of alkyl halides is 2. The Morgan fingerprint density at radius 1 is 0.889 bits per heavy atom. The number of ether oxygens (including phenoxy) is 2. The van der Waals surface area contributed by atoms with Gasteiger partial charge < -0.3 is 20.1 Å². The summed E-state index contributed by atoms with van der Waals surface area (Å²) in [6.07, 6.45) is 0.0285. The fourth-order valence-corrected chi connectivity index (χ4v) is 2.22. The van der Waals surface area contributed by atoms with Crippen molar-refractivity contribution in [2.45, 2.75) is 19.6 Å². The van der Waals surface area contributed by atoms with Crippen LogP contribution in [0.2, 0.25) is 0 Å². The SMILES string of the molecule is COc1ccc(CNC(=O)CNC(=O)Cc2ccc(OC(F)F)cc2)cc1. The zero-order valence-corrected chi connectivity index (χ0v) is 14.7. The molecule has 0 saturated carbocycles. The predicted molar refractivity (Wildman–Crippen MR) is 94.6 cm³/mol. The second-order valence-corrected chi connectivity index (χ2v) is 5.60. The van der Waals surface area contributed by atoms with Gasteiger partial charge in [0.2, 0.25) is 11.8 Å². The first-order valence-corrected chi connectivity index (χ1v) is 8.16. The van der Waals surface area contributed by atoms with Gasteiger partial charge in [-0.3, -0.25) is 9.59 Å². The van der Waals surface area contributed by atoms with E-state index in [-0.39, 0.29) is 30.5 Å². The highest BCUT2D eigenvalue weighted by Gasteiger charge is 2.08. The van der Waals surface area contributed by atoms with E-state index in [1.54, 1.807) is 19.2 Å². The number of nitrogens with one attached hydrogen (secondary N) is 2. The van der Waals surface area contributed by atoms with Crippen molar-refractivity contribution in [2.75, 3.05) is 13.7 Å². The first kappa shape index (κ1) is 20.2. The summed E-state index contributed by atoms with van der Waals surface area (Å²) in [5.41, 5.74) is 1.52. The molecule has 2 aromatic rings. The molecule has 2 N–H and O–H groups in total. The molecule has 6 nitrogen and oxygen atoms in total. The van der Waals surface area contributed by atoms with E-state index < -0.39 is 6.61 Å². The first-order chi connectivity index (χ1) is 13.0. The largest absolute Gasteiger partial charge is 0.497 e. The Bertz CT molecular complexity index is 749. The molecule has 2 amide bonds. The second-order valence-electron chi connectivity index (χ2n) is 5.60. The van der Waals surface area contributed by atoms with E-state index in [4.69, 9.17) is 4.74 Å². The molecule has 144 valence electrons. The van der Waals surface area contributed by atoms with Crippen LogP contribution in [0.1, 0.15) is 11.1 Å². The number of carbonyl (C=O) groups excluding carboxylic acids is 2. The van der Waals surface area contributed by atoms with Crippen LogP contribution in [0.15, 0.2) is 48.5 Å². The van der Waals surface area contributed by atoms with Gasteiger partial charge in [0, 0.05) is 6.54 Å². The minimum atomic E-state index is -2.89. The zero-order valence-electron chi connectivity index (χ0n) is 14.7. The molecule has 2 rings (SSSR count). The number of amides is 2. The Hall–Kier alpha value is -3.16. The highest BCUT2D eigenvalue weighted by molar-refractivity contribution is 5.85. The van der Waals surface area contributed by atoms with Gasteiger partial charge in [-0.25, -0.2) is 0 Å². The van der Waals surface area contributed by atoms with Crippen LogP contribution in [0.5, 0.6) is 11.5 Å². The Morgan fingerprint density at radius 2 is 1.48 bits per heavy atom. The molecule has 0 saturated heterocycles. The van der Waals surface area contributed by atoms with E-state index in [9.17, 15) is 18.4 Å². The quantitative estimate of drug-likeness (QED) is 0.702. The van der Waals surface area contributed by atoms with Gasteiger partial charge >= 0.3 is 6.61 Å². The number of benzene rings is 2. The molecule has 0 aliphatic carbocycles. The van der Waals surface area contributed by atoms with Crippen LogP contribution in [0, 0.1) is 0 Å². The molecule has 2 aromatic carbocycles. The van der Waals surface area contributed by atoms with E-state index in [2.05, 4.69) is 15.4 Å². The predicted octanol–water partition coefficient (Wildman–Crippen LogP) is 2.27. The lowest BCUT2D eigenvalue weighted by Crippen LogP contribution is -2.37. The lowest BCUT2D eigenvalue weighted by atomic mass is 10.1. The maximum absolute atomic E-state index is 12.1. The topological polar surface area (TPSA) is 76.7 Å². The summed E-state index contributed by atoms with van der Waals surface area (Å²) in [5.74, 6) is 0.0789. The number of rotatable bonds is 9. The molecule has 0 aliphatic rings. The van der Waals surface area contributed by atoms with Crippen molar-refractivity contribution < 1.29 is 27.8 Å². The van der Waals surface area contributed by atoms with Crippen LogP contribution in [-0.2, 0) is 22.6 Å². The number of carbonyl (C=O) groups is 2. The number of methoxy groups -OCH3 is 1. The molecule has 27 heavy (non-hydrogen) atoms. The first-order valence-electron chi connectivity index (χ1n) is 8.16. The summed E-state index contributed by atoms with van der Waals surface area (Å²) in [5, 5.41) is 5.21. The van der Waals surface area contributed by atoms with Gasteiger partial charge in [-0.15, -0.1) is 0 Å². The third kappa shape index (κ3) is 7.31. The van der Waals surface area contributed by atoms with Gasteiger partial charge in [0.15, 0.2) is 0 Å². The number of halogens is 2. The molecule has 0 bridgehead atoms. The Morgan fingerprint density at radius 3 is 2.07 bits per heavy atom. The summed E-state index contributed by atoms with van der Waals surface area (Å²) < 4.78 is 33.5. The standard InChI is InChI=1S/C19H20F2N2O4/c1-26-15-6-4-14(5-7-15)11-22-18(25)12-23-17(24)10-13-2-8-16(9-3-13)27-19(20)21/h2-9,19H,10-12H2,1H3,(H,22,25)(H,23,24). The minimum Gasteiger partial charge on any atom is -0.497 e. The molecule has 0 spiro atoms. The normalized spacial score (nSPS) is 10.4. The van der Waals surface area contributed by atoms with E-state index in [1.807, 2.05) is 12.1 Å². The van der Waals surface area contributed by atoms with Crippen molar-refractivity contribution in [3.63, 3.8) is 0 Å². The van der Waals surface area contributed by atoms with E-state index >= 15 is 0 Å². The van der Waals surface area contributed by atoms with Crippen molar-refractivity contribution >= 4 is 11.8 Å². The lowest BCUT2D eigenvalue weighted by molar-refractivity contribution is -0.125. The average Bonchev–Trinajstić information content (AvgIpc) is 2.66. The third-order valence-corrected chi connectivity index (χ3v) is 3.61. The summed E-state index contributed by atoms with van der Waals surface area (Å²) in [4.78, 5) is 23.7. The van der Waals surface area contributed by atoms with Crippen LogP contribution in [0.25, 0.3) is 0 Å². The van der Waals surface area contributed by atoms with Crippen molar-refractivity contribution in [3.05, 3.63) is 59.7 Å². The van der Waals surface area contributed by atoms with Crippen LogP contribution in [0.3, 0.4) is 0 Å². The van der Waals surface area contributed by atoms with Crippen LogP contribution >= 0.6 is 0 Å². The van der Waals surface area contributed by atoms with E-state index in [0.29, 0.717) is 12.1 Å². The van der Waals surface area contributed by atoms with Crippen molar-refractivity contribution in [2.24, 2.45) is 0 Å². The minimum absolute atomic E-state index is 0.0204. The molecular weight excluding hydrogens is 358 g/mol. The Kier molecular flexibility index (Phi) is 7.54. The zero-order chi connectivity index (χ0) is 19.6. The summed E-state index contributed by atoms with van der Waals surface area (Å²) >= 11 is 0. The van der Waals surface area contributed by atoms with E-state index in [1.165, 1.54) is 24.3 Å². The molecule has 0 fully saturated rings. The second kappa shape index (κ2) is 10.1. The van der Waals surface area contributed by atoms with Crippen molar-refractivity contribution in [1.82, 2.24) is 10.6 Å². The van der Waals surface area contributed by atoms with Crippen LogP contribution < -0.4 is 20.1 Å². The summed E-state index contributed by atoms with van der Waals surface area (Å²) in [7, 11) is 1.57. The monoisotopic (exact) mass is 378 g/mol. The Labute approximate surface area is 155 Å². The molecule has 0 heterocycles. The van der Waals surface area contributed by atoms with Gasteiger partial charge in [0.05, 0.1) is 20.1 Å². The fourth-order valence-electron chi connectivity index (χ4n) is 2.22. The van der Waals surface area contributed by atoms with Gasteiger partial charge in [-0.05, 0) is 35.4 Å². The maximum atomic E-state index is 12.1. The van der Waals surface area contributed by atoms with Gasteiger partial charge in [-0.2, -0.15) is 8.78 Å². The lowest BCUT2D eigenvalue weighted by Gasteiger charge is -2.08. The molecule has 0 aliphatic heterocycles. The van der Waals surface area contributed by atoms with E-state index in [0.717, 1.165) is 11.3 Å². The van der Waals surface area contributed by atoms with Gasteiger partial charge in [-0.1, -0.05) is 24.3 Å². The third-order valence-electron chi connectivity index (χ3n) is 3.61. The highest BCUT2D eigenvalue weighted by atomic mass is 19.3. The van der Waals surface area contributed by atoms with Gasteiger partial charge in [0.1, 0.15) is 11.5 Å². The highest BCUT2D eigenvalue weighted by Crippen LogP contribution is 2.15. The average molecular weight is 378 g/mol. The molecule has 8 heteroatoms. The van der Waals surface area contributed by atoms with Crippen molar-refractivity contribution in [1.29, 1.82) is 0 Å². The van der Waals surface area contributed by atoms with Crippen LogP contribution in [0.4, 0.5) is 8.78 Å². The molecule has 0 aromatic heterocycles. The smallest absolute Gasteiger partial charge is 0.387 e. The fraction of sp³-hybridized carbons (Fsp3) is 0.263. The molecule has 0 atom stereocenters. The number of hydrogen-bond acceptors (Lipinski definition) is 4. The van der Waals surface area contributed by atoms with Crippen molar-refractivity contribution in [3.8, 4) is 11.5 Å². The molecule has 0 radical (unpaired) electrons. The summed E-state index contributed by atoms with van der Waals surface area (Å²) in [6, 6.07) is 13.0. The maximum Gasteiger partial charge on any atom is 0.387 e. The number of hydrogen-bond donors (Lipinski definition) is 2.